The summed E-state index contributed by atoms with van der Waals surface area (Å²) < 4.78 is 17.4. The number of nitro benzene ring substituents is 1. The van der Waals surface area contributed by atoms with E-state index in [1.165, 1.54) is 0 Å². The standard InChI is InChI=1S/C8H6FNO5/c9-5-1-6(10(13)14)3-7(2-5)15-4-8(11)12/h1-3H,4H2,(H,11,12). The Labute approximate surface area is 83.0 Å². The van der Waals surface area contributed by atoms with E-state index in [2.05, 4.69) is 4.74 Å². The highest BCUT2D eigenvalue weighted by Crippen LogP contribution is 2.21. The summed E-state index contributed by atoms with van der Waals surface area (Å²) in [4.78, 5) is 19.6. The number of rotatable bonds is 4. The molecule has 15 heavy (non-hydrogen) atoms. The Morgan fingerprint density at radius 3 is 2.73 bits per heavy atom. The van der Waals surface area contributed by atoms with Crippen molar-refractivity contribution in [2.75, 3.05) is 6.61 Å². The Morgan fingerprint density at radius 2 is 2.20 bits per heavy atom. The lowest BCUT2D eigenvalue weighted by atomic mass is 10.3. The summed E-state index contributed by atoms with van der Waals surface area (Å²) in [6.07, 6.45) is 0. The number of halogens is 1. The molecule has 0 bridgehead atoms. The molecular weight excluding hydrogens is 209 g/mol. The van der Waals surface area contributed by atoms with Crippen molar-refractivity contribution in [1.29, 1.82) is 0 Å². The van der Waals surface area contributed by atoms with Crippen molar-refractivity contribution in [3.8, 4) is 5.75 Å². The first-order valence-electron chi connectivity index (χ1n) is 3.78. The van der Waals surface area contributed by atoms with Gasteiger partial charge in [0.2, 0.25) is 0 Å². The lowest BCUT2D eigenvalue weighted by Crippen LogP contribution is -2.09. The summed E-state index contributed by atoms with van der Waals surface area (Å²) in [6, 6.07) is 2.54. The summed E-state index contributed by atoms with van der Waals surface area (Å²) in [5, 5.41) is 18.6. The van der Waals surface area contributed by atoms with Crippen molar-refractivity contribution < 1.29 is 24.0 Å². The predicted octanol–water partition coefficient (Wildman–Crippen LogP) is 1.20. The van der Waals surface area contributed by atoms with Gasteiger partial charge in [0.05, 0.1) is 17.1 Å². The molecule has 0 aromatic heterocycles. The normalized spacial score (nSPS) is 9.67. The third-order valence-electron chi connectivity index (χ3n) is 1.43. The maximum absolute atomic E-state index is 12.8. The molecule has 0 heterocycles. The summed E-state index contributed by atoms with van der Waals surface area (Å²) >= 11 is 0. The van der Waals surface area contributed by atoms with E-state index in [1.54, 1.807) is 0 Å². The lowest BCUT2D eigenvalue weighted by molar-refractivity contribution is -0.385. The molecule has 0 radical (unpaired) electrons. The van der Waals surface area contributed by atoms with Gasteiger partial charge in [-0.3, -0.25) is 10.1 Å². The number of nitro groups is 1. The fourth-order valence-electron chi connectivity index (χ4n) is 0.882. The van der Waals surface area contributed by atoms with Crippen LogP contribution in [0.15, 0.2) is 18.2 Å². The molecule has 0 amide bonds. The number of benzene rings is 1. The van der Waals surface area contributed by atoms with E-state index >= 15 is 0 Å². The zero-order chi connectivity index (χ0) is 11.4. The van der Waals surface area contributed by atoms with Crippen LogP contribution in [0.3, 0.4) is 0 Å². The smallest absolute Gasteiger partial charge is 0.341 e. The van der Waals surface area contributed by atoms with Gasteiger partial charge < -0.3 is 9.84 Å². The molecule has 0 atom stereocenters. The highest BCUT2D eigenvalue weighted by atomic mass is 19.1. The van der Waals surface area contributed by atoms with Gasteiger partial charge in [-0.1, -0.05) is 0 Å². The molecule has 1 aromatic rings. The Bertz CT molecular complexity index is 406. The molecule has 0 unspecified atom stereocenters. The first-order chi connectivity index (χ1) is 6.99. The summed E-state index contributed by atoms with van der Waals surface area (Å²) in [5.74, 6) is -2.30. The Balaban J connectivity index is 2.88. The molecule has 80 valence electrons. The predicted molar refractivity (Wildman–Crippen MR) is 46.2 cm³/mol. The van der Waals surface area contributed by atoms with Crippen LogP contribution >= 0.6 is 0 Å². The molecule has 0 aliphatic heterocycles. The van der Waals surface area contributed by atoms with Gasteiger partial charge in [-0.2, -0.15) is 0 Å². The third-order valence-corrected chi connectivity index (χ3v) is 1.43. The van der Waals surface area contributed by atoms with E-state index in [9.17, 15) is 19.3 Å². The lowest BCUT2D eigenvalue weighted by Gasteiger charge is -2.02. The highest BCUT2D eigenvalue weighted by molar-refractivity contribution is 5.68. The maximum Gasteiger partial charge on any atom is 0.341 e. The molecule has 0 aliphatic carbocycles. The summed E-state index contributed by atoms with van der Waals surface area (Å²) in [6.45, 7) is -0.680. The molecule has 1 rings (SSSR count). The molecule has 0 fully saturated rings. The van der Waals surface area contributed by atoms with Crippen LogP contribution < -0.4 is 4.74 Å². The van der Waals surface area contributed by atoms with Gasteiger partial charge in [0.1, 0.15) is 11.6 Å². The van der Waals surface area contributed by atoms with E-state index in [4.69, 9.17) is 5.11 Å². The molecule has 6 nitrogen and oxygen atoms in total. The van der Waals surface area contributed by atoms with Crippen LogP contribution in [0.4, 0.5) is 10.1 Å². The second kappa shape index (κ2) is 4.36. The van der Waals surface area contributed by atoms with Crippen LogP contribution in [0, 0.1) is 15.9 Å². The number of hydrogen-bond donors (Lipinski definition) is 1. The summed E-state index contributed by atoms with van der Waals surface area (Å²) in [5.41, 5.74) is -0.490. The minimum Gasteiger partial charge on any atom is -0.482 e. The largest absolute Gasteiger partial charge is 0.482 e. The van der Waals surface area contributed by atoms with Crippen LogP contribution in [0.1, 0.15) is 0 Å². The number of nitrogens with zero attached hydrogens (tertiary/aromatic N) is 1. The molecule has 0 aliphatic rings. The van der Waals surface area contributed by atoms with Crippen molar-refractivity contribution >= 4 is 11.7 Å². The SMILES string of the molecule is O=C(O)COc1cc(F)cc([N+](=O)[O-])c1. The molecule has 1 N–H and O–H groups in total. The van der Waals surface area contributed by atoms with Crippen molar-refractivity contribution in [1.82, 2.24) is 0 Å². The number of carbonyl (C=O) groups is 1. The second-order valence-corrected chi connectivity index (χ2v) is 2.58. The number of carboxylic acids is 1. The maximum atomic E-state index is 12.8. The van der Waals surface area contributed by atoms with Crippen molar-refractivity contribution in [3.63, 3.8) is 0 Å². The van der Waals surface area contributed by atoms with E-state index in [0.29, 0.717) is 6.07 Å². The average molecular weight is 215 g/mol. The van der Waals surface area contributed by atoms with Gasteiger partial charge in [0, 0.05) is 6.07 Å². The number of carboxylic acid groups (broad SMARTS) is 1. The Morgan fingerprint density at radius 1 is 1.53 bits per heavy atom. The number of non-ortho nitro benzene ring substituents is 1. The van der Waals surface area contributed by atoms with Gasteiger partial charge in [-0.15, -0.1) is 0 Å². The fourth-order valence-corrected chi connectivity index (χ4v) is 0.882. The van der Waals surface area contributed by atoms with E-state index in [-0.39, 0.29) is 5.75 Å². The second-order valence-electron chi connectivity index (χ2n) is 2.58. The summed E-state index contributed by atoms with van der Waals surface area (Å²) in [7, 11) is 0. The van der Waals surface area contributed by atoms with Gasteiger partial charge in [-0.05, 0) is 0 Å². The monoisotopic (exact) mass is 215 g/mol. The van der Waals surface area contributed by atoms with Crippen molar-refractivity contribution in [2.24, 2.45) is 0 Å². The molecule has 1 aromatic carbocycles. The Hall–Kier alpha value is -2.18. The average Bonchev–Trinajstić information content (AvgIpc) is 2.13. The van der Waals surface area contributed by atoms with E-state index < -0.39 is 29.0 Å². The topological polar surface area (TPSA) is 89.7 Å². The van der Waals surface area contributed by atoms with Crippen LogP contribution in [-0.4, -0.2) is 22.6 Å². The molecule has 7 heteroatoms. The zero-order valence-corrected chi connectivity index (χ0v) is 7.34. The first kappa shape index (κ1) is 10.9. The van der Waals surface area contributed by atoms with E-state index in [0.717, 1.165) is 12.1 Å². The highest BCUT2D eigenvalue weighted by Gasteiger charge is 2.11. The van der Waals surface area contributed by atoms with E-state index in [1.807, 2.05) is 0 Å². The van der Waals surface area contributed by atoms with Crippen LogP contribution in [0.2, 0.25) is 0 Å². The minimum atomic E-state index is -1.25. The number of hydrogen-bond acceptors (Lipinski definition) is 4. The van der Waals surface area contributed by atoms with Crippen LogP contribution in [0.5, 0.6) is 5.75 Å². The van der Waals surface area contributed by atoms with Gasteiger partial charge >= 0.3 is 5.97 Å². The van der Waals surface area contributed by atoms with Crippen molar-refractivity contribution in [3.05, 3.63) is 34.1 Å². The fraction of sp³-hybridized carbons (Fsp3) is 0.125. The minimum absolute atomic E-state index is 0.191. The Kier molecular flexibility index (Phi) is 3.17. The quantitative estimate of drug-likeness (QED) is 0.601. The van der Waals surface area contributed by atoms with Crippen molar-refractivity contribution in [2.45, 2.75) is 0 Å². The first-order valence-corrected chi connectivity index (χ1v) is 3.78. The van der Waals surface area contributed by atoms with Crippen LogP contribution in [0.25, 0.3) is 0 Å². The third kappa shape index (κ3) is 3.22. The number of aliphatic carboxylic acids is 1. The van der Waals surface area contributed by atoms with Gasteiger partial charge in [0.15, 0.2) is 6.61 Å². The molecule has 0 saturated carbocycles. The van der Waals surface area contributed by atoms with Crippen LogP contribution in [-0.2, 0) is 4.79 Å². The molecule has 0 spiro atoms. The molecule has 0 saturated heterocycles. The zero-order valence-electron chi connectivity index (χ0n) is 7.34. The van der Waals surface area contributed by atoms with Gasteiger partial charge in [-0.25, -0.2) is 9.18 Å². The van der Waals surface area contributed by atoms with Gasteiger partial charge in [0.25, 0.3) is 5.69 Å². The number of ether oxygens (including phenoxy) is 1. The molecular formula is C8H6FNO5.